The lowest BCUT2D eigenvalue weighted by Gasteiger charge is -2.52. The number of Topliss-reactive ketones (excluding diaryl/α,β-unsaturated/α-hetero) is 1. The predicted octanol–water partition coefficient (Wildman–Crippen LogP) is 7.22. The fourth-order valence-corrected chi connectivity index (χ4v) is 12.9. The predicted molar refractivity (Wildman–Crippen MR) is 219 cm³/mol. The van der Waals surface area contributed by atoms with E-state index >= 15 is 14.4 Å². The SMILES string of the molecule is O=C([C@H]1C[C@H]2CCCN2[C@]12C(=O)Nc1ccccc12)N1C/C(=C\c2ccc(Cl)cc2)C(=O)[C@@]2(C1)[C@H](c1ccc(Cl)cc1)[C@H]1CCCN1C21C(=O)Nc2ccccc21. The number of piperidine rings is 1. The fourth-order valence-electron chi connectivity index (χ4n) is 12.6. The third kappa shape index (κ3) is 4.54. The summed E-state index contributed by atoms with van der Waals surface area (Å²) < 4.78 is 0. The van der Waals surface area contributed by atoms with E-state index in [4.69, 9.17) is 23.2 Å². The van der Waals surface area contributed by atoms with Gasteiger partial charge in [-0.25, -0.2) is 0 Å². The molecule has 5 saturated heterocycles. The van der Waals surface area contributed by atoms with E-state index in [0.29, 0.717) is 34.3 Å². The van der Waals surface area contributed by atoms with Gasteiger partial charge in [0.15, 0.2) is 5.78 Å². The minimum absolute atomic E-state index is 0.00514. The Balaban J connectivity index is 1.15. The molecule has 1 unspecified atom stereocenters. The molecule has 288 valence electrons. The third-order valence-electron chi connectivity index (χ3n) is 14.5. The first-order valence-corrected chi connectivity index (χ1v) is 20.9. The number of rotatable bonds is 3. The topological polar surface area (TPSA) is 102 Å². The molecule has 0 aliphatic carbocycles. The molecule has 2 N–H and O–H groups in total. The van der Waals surface area contributed by atoms with Crippen LogP contribution in [-0.2, 0) is 30.3 Å². The highest BCUT2D eigenvalue weighted by atomic mass is 35.5. The summed E-state index contributed by atoms with van der Waals surface area (Å²) in [6, 6.07) is 30.3. The van der Waals surface area contributed by atoms with Gasteiger partial charge < -0.3 is 15.5 Å². The molecule has 0 radical (unpaired) electrons. The largest absolute Gasteiger partial charge is 0.337 e. The van der Waals surface area contributed by atoms with Crippen LogP contribution in [0.1, 0.15) is 60.3 Å². The van der Waals surface area contributed by atoms with E-state index in [2.05, 4.69) is 20.4 Å². The molecule has 0 saturated carbocycles. The summed E-state index contributed by atoms with van der Waals surface area (Å²) in [7, 11) is 0. The molecule has 9 nitrogen and oxygen atoms in total. The Labute approximate surface area is 341 Å². The molecule has 57 heavy (non-hydrogen) atoms. The molecule has 3 spiro atoms. The van der Waals surface area contributed by atoms with Crippen molar-refractivity contribution in [3.63, 3.8) is 0 Å². The van der Waals surface area contributed by atoms with Gasteiger partial charge in [0.1, 0.15) is 11.1 Å². The smallest absolute Gasteiger partial charge is 0.250 e. The number of hydrogen-bond acceptors (Lipinski definition) is 6. The van der Waals surface area contributed by atoms with Crippen LogP contribution in [0.3, 0.4) is 0 Å². The monoisotopic (exact) mass is 797 g/mol. The average molecular weight is 799 g/mol. The molecule has 7 heterocycles. The van der Waals surface area contributed by atoms with Gasteiger partial charge in [-0.15, -0.1) is 0 Å². The van der Waals surface area contributed by atoms with Crippen LogP contribution in [0.5, 0.6) is 0 Å². The van der Waals surface area contributed by atoms with Crippen LogP contribution >= 0.6 is 23.2 Å². The summed E-state index contributed by atoms with van der Waals surface area (Å²) in [5.74, 6) is -1.91. The van der Waals surface area contributed by atoms with Crippen LogP contribution in [0.15, 0.2) is 103 Å². The zero-order valence-corrected chi connectivity index (χ0v) is 32.7. The van der Waals surface area contributed by atoms with Crippen molar-refractivity contribution in [3.05, 3.63) is 135 Å². The Morgan fingerprint density at radius 1 is 0.737 bits per heavy atom. The van der Waals surface area contributed by atoms with Crippen molar-refractivity contribution in [2.45, 2.75) is 61.2 Å². The molecule has 11 rings (SSSR count). The Hall–Kier alpha value is -4.80. The number of anilines is 2. The molecule has 3 amide bonds. The number of likely N-dealkylation sites (tertiary alicyclic amines) is 1. The molecule has 5 fully saturated rings. The van der Waals surface area contributed by atoms with Crippen molar-refractivity contribution >= 4 is 64.2 Å². The van der Waals surface area contributed by atoms with Crippen LogP contribution < -0.4 is 10.6 Å². The van der Waals surface area contributed by atoms with Crippen molar-refractivity contribution in [2.75, 3.05) is 36.8 Å². The molecule has 0 bridgehead atoms. The lowest BCUT2D eigenvalue weighted by atomic mass is 9.55. The molecule has 0 aromatic heterocycles. The number of para-hydroxylation sites is 2. The number of amides is 3. The fraction of sp³-hybridized carbons (Fsp3) is 0.348. The van der Waals surface area contributed by atoms with E-state index in [1.54, 1.807) is 12.1 Å². The lowest BCUT2D eigenvalue weighted by molar-refractivity contribution is -0.155. The number of hydrogen-bond donors (Lipinski definition) is 2. The van der Waals surface area contributed by atoms with Gasteiger partial charge in [-0.1, -0.05) is 83.9 Å². The molecule has 7 atom stereocenters. The van der Waals surface area contributed by atoms with E-state index < -0.39 is 28.3 Å². The van der Waals surface area contributed by atoms with Crippen molar-refractivity contribution < 1.29 is 19.2 Å². The summed E-state index contributed by atoms with van der Waals surface area (Å²) in [5, 5.41) is 7.51. The number of fused-ring (bicyclic) bond motifs is 9. The van der Waals surface area contributed by atoms with Crippen LogP contribution in [0.25, 0.3) is 6.08 Å². The molecule has 7 aliphatic heterocycles. The second-order valence-corrected chi connectivity index (χ2v) is 17.8. The van der Waals surface area contributed by atoms with Crippen LogP contribution in [0.4, 0.5) is 11.4 Å². The van der Waals surface area contributed by atoms with Gasteiger partial charge >= 0.3 is 0 Å². The zero-order chi connectivity index (χ0) is 38.8. The summed E-state index contributed by atoms with van der Waals surface area (Å²) in [4.78, 5) is 68.3. The van der Waals surface area contributed by atoms with Crippen LogP contribution in [0, 0.1) is 11.3 Å². The number of benzene rings is 4. The number of nitrogens with one attached hydrogen (secondary N) is 2. The standard InChI is InChI=1S/C46H41Cl2N5O4/c47-30-17-13-27(14-18-30)23-29-25-51(41(55)35-24-32-7-5-21-52(32)45(35)33-8-1-3-10-36(33)49-42(45)56)26-44(40(29)54)39(28-15-19-31(48)20-16-28)38-12-6-22-53(38)46(44)34-9-2-4-11-37(34)50-43(46)57/h1-4,8-11,13-20,23,32,35,38-39H,5-7,12,21-22,24-26H2,(H,49,56)(H,50,57)/b29-23+/t32-,35-,38-,39-,44-,45+,46?/m1/s1. The van der Waals surface area contributed by atoms with Crippen molar-refractivity contribution in [1.82, 2.24) is 14.7 Å². The Kier molecular flexibility index (Phi) is 7.82. The summed E-state index contributed by atoms with van der Waals surface area (Å²) in [6.07, 6.45) is 5.90. The normalized spacial score (nSPS) is 33.3. The molecular weight excluding hydrogens is 757 g/mol. The average Bonchev–Trinajstić information content (AvgIpc) is 4.06. The lowest BCUT2D eigenvalue weighted by Crippen LogP contribution is -2.67. The van der Waals surface area contributed by atoms with Crippen LogP contribution in [0.2, 0.25) is 10.0 Å². The van der Waals surface area contributed by atoms with Gasteiger partial charge in [0.2, 0.25) is 11.8 Å². The van der Waals surface area contributed by atoms with Crippen molar-refractivity contribution in [3.8, 4) is 0 Å². The number of halogens is 2. The Bertz CT molecular complexity index is 2440. The zero-order valence-electron chi connectivity index (χ0n) is 31.2. The third-order valence-corrected chi connectivity index (χ3v) is 15.0. The van der Waals surface area contributed by atoms with E-state index in [9.17, 15) is 4.79 Å². The number of nitrogens with zero attached hydrogens (tertiary/aromatic N) is 3. The van der Waals surface area contributed by atoms with Gasteiger partial charge in [0, 0.05) is 69.2 Å². The van der Waals surface area contributed by atoms with Gasteiger partial charge in [-0.2, -0.15) is 0 Å². The molecular formula is C46H41Cl2N5O4. The van der Waals surface area contributed by atoms with Gasteiger partial charge in [-0.05, 0) is 98.8 Å². The van der Waals surface area contributed by atoms with Crippen molar-refractivity contribution in [2.24, 2.45) is 11.3 Å². The highest BCUT2D eigenvalue weighted by Gasteiger charge is 2.79. The Morgan fingerprint density at radius 3 is 2.12 bits per heavy atom. The van der Waals surface area contributed by atoms with E-state index in [-0.39, 0.29) is 48.7 Å². The second kappa shape index (κ2) is 12.6. The van der Waals surface area contributed by atoms with Gasteiger partial charge in [0.25, 0.3) is 5.91 Å². The number of ketones is 1. The first-order valence-electron chi connectivity index (χ1n) is 20.1. The summed E-state index contributed by atoms with van der Waals surface area (Å²) in [5.41, 5.74) is 1.06. The maximum Gasteiger partial charge on any atom is 0.250 e. The molecule has 11 heteroatoms. The maximum atomic E-state index is 16.2. The van der Waals surface area contributed by atoms with E-state index in [1.807, 2.05) is 95.9 Å². The van der Waals surface area contributed by atoms with E-state index in [0.717, 1.165) is 60.2 Å². The van der Waals surface area contributed by atoms with E-state index in [1.165, 1.54) is 0 Å². The maximum absolute atomic E-state index is 16.2. The molecule has 4 aromatic rings. The van der Waals surface area contributed by atoms with Crippen LogP contribution in [-0.4, -0.2) is 76.5 Å². The summed E-state index contributed by atoms with van der Waals surface area (Å²) >= 11 is 12.8. The number of carbonyl (C=O) groups excluding carboxylic acids is 4. The quantitative estimate of drug-likeness (QED) is 0.213. The van der Waals surface area contributed by atoms with Gasteiger partial charge in [0.05, 0.1) is 11.3 Å². The minimum atomic E-state index is -1.45. The highest BCUT2D eigenvalue weighted by Crippen LogP contribution is 2.69. The first kappa shape index (κ1) is 35.4. The first-order chi connectivity index (χ1) is 27.7. The summed E-state index contributed by atoms with van der Waals surface area (Å²) in [6.45, 7) is 1.38. The Morgan fingerprint density at radius 2 is 1.37 bits per heavy atom. The minimum Gasteiger partial charge on any atom is -0.337 e. The van der Waals surface area contributed by atoms with Gasteiger partial charge in [-0.3, -0.25) is 29.0 Å². The number of carbonyl (C=O) groups is 4. The highest BCUT2D eigenvalue weighted by molar-refractivity contribution is 6.31. The second-order valence-electron chi connectivity index (χ2n) is 16.9. The molecule has 7 aliphatic rings. The molecule has 4 aromatic carbocycles. The van der Waals surface area contributed by atoms with Crippen molar-refractivity contribution in [1.29, 1.82) is 0 Å².